The summed E-state index contributed by atoms with van der Waals surface area (Å²) < 4.78 is 22.6. The highest BCUT2D eigenvalue weighted by Gasteiger charge is 2.19. The van der Waals surface area contributed by atoms with Crippen LogP contribution in [-0.4, -0.2) is 20.7 Å². The first kappa shape index (κ1) is 18.9. The molecule has 3 aromatic rings. The third kappa shape index (κ3) is 4.16. The van der Waals surface area contributed by atoms with Crippen molar-refractivity contribution in [3.8, 4) is 11.4 Å². The lowest BCUT2D eigenvalue weighted by Gasteiger charge is -2.10. The molecule has 1 aliphatic rings. The number of hydrogen-bond acceptors (Lipinski definition) is 4. The summed E-state index contributed by atoms with van der Waals surface area (Å²) in [5, 5.41) is 11.2. The van der Waals surface area contributed by atoms with E-state index >= 15 is 0 Å². The van der Waals surface area contributed by atoms with Gasteiger partial charge in [-0.15, -0.1) is 10.2 Å². The number of nitrogens with zero attached hydrogens (tertiary/aromatic N) is 3. The molecule has 144 valence electrons. The minimum Gasteiger partial charge on any atom is -0.451 e. The normalized spacial score (nSPS) is 14.1. The van der Waals surface area contributed by atoms with E-state index in [4.69, 9.17) is 4.42 Å². The van der Waals surface area contributed by atoms with Crippen LogP contribution in [-0.2, 0) is 17.8 Å². The van der Waals surface area contributed by atoms with Crippen LogP contribution in [0, 0.1) is 9.58 Å². The Morgan fingerprint density at radius 1 is 1.21 bits per heavy atom. The van der Waals surface area contributed by atoms with Gasteiger partial charge < -0.3 is 14.3 Å². The van der Waals surface area contributed by atoms with E-state index in [0.29, 0.717) is 22.8 Å². The number of carbonyl (C=O) groups is 1. The van der Waals surface area contributed by atoms with Gasteiger partial charge in [0.05, 0.1) is 5.56 Å². The van der Waals surface area contributed by atoms with Gasteiger partial charge in [-0.05, 0) is 71.8 Å². The molecule has 0 atom stereocenters. The van der Waals surface area contributed by atoms with Crippen LogP contribution >= 0.6 is 22.6 Å². The van der Waals surface area contributed by atoms with Crippen molar-refractivity contribution in [2.24, 2.45) is 0 Å². The Balaban J connectivity index is 1.55. The number of aromatic nitrogens is 3. The lowest BCUT2D eigenvalue weighted by atomic mass is 10.1. The molecule has 1 aliphatic heterocycles. The SMILES string of the molecule is O=C(/C=C/c1ccc(I)o1)Nc1ccc(F)c(-c2nnc3n2CCCCC3)c1. The smallest absolute Gasteiger partial charge is 0.248 e. The van der Waals surface area contributed by atoms with Gasteiger partial charge in [0.15, 0.2) is 9.59 Å². The predicted octanol–water partition coefficient (Wildman–Crippen LogP) is 4.66. The van der Waals surface area contributed by atoms with Gasteiger partial charge in [-0.3, -0.25) is 4.79 Å². The molecule has 1 aromatic carbocycles. The largest absolute Gasteiger partial charge is 0.451 e. The van der Waals surface area contributed by atoms with Crippen LogP contribution in [0.1, 0.15) is 30.8 Å². The van der Waals surface area contributed by atoms with Gasteiger partial charge in [-0.2, -0.15) is 0 Å². The minimum absolute atomic E-state index is 0.330. The molecule has 6 nitrogen and oxygen atoms in total. The van der Waals surface area contributed by atoms with Crippen molar-refractivity contribution < 1.29 is 13.6 Å². The molecular formula is C20H18FIN4O2. The zero-order chi connectivity index (χ0) is 19.5. The number of aryl methyl sites for hydroxylation is 1. The maximum atomic E-state index is 14.5. The van der Waals surface area contributed by atoms with Gasteiger partial charge in [0.1, 0.15) is 17.4 Å². The minimum atomic E-state index is -0.391. The Hall–Kier alpha value is -2.49. The third-order valence-electron chi connectivity index (χ3n) is 4.58. The van der Waals surface area contributed by atoms with Crippen LogP contribution in [0.25, 0.3) is 17.5 Å². The Morgan fingerprint density at radius 2 is 2.11 bits per heavy atom. The second-order valence-corrected chi connectivity index (χ2v) is 7.62. The number of benzene rings is 1. The summed E-state index contributed by atoms with van der Waals surface area (Å²) in [6, 6.07) is 8.05. The number of rotatable bonds is 4. The quantitative estimate of drug-likeness (QED) is 0.425. The van der Waals surface area contributed by atoms with E-state index in [1.165, 1.54) is 18.2 Å². The number of anilines is 1. The Kier molecular flexibility index (Phi) is 5.56. The van der Waals surface area contributed by atoms with Crippen LogP contribution in [0.2, 0.25) is 0 Å². The summed E-state index contributed by atoms with van der Waals surface area (Å²) in [6.07, 6.45) is 7.02. The Morgan fingerprint density at radius 3 is 2.93 bits per heavy atom. The van der Waals surface area contributed by atoms with Crippen molar-refractivity contribution in [3.63, 3.8) is 0 Å². The molecule has 0 unspecified atom stereocenters. The van der Waals surface area contributed by atoms with Gasteiger partial charge in [0.2, 0.25) is 5.91 Å². The van der Waals surface area contributed by atoms with Crippen LogP contribution in [0.5, 0.6) is 0 Å². The fraction of sp³-hybridized carbons (Fsp3) is 0.250. The molecule has 2 aromatic heterocycles. The maximum absolute atomic E-state index is 14.5. The number of amides is 1. The van der Waals surface area contributed by atoms with Crippen molar-refractivity contribution in [2.45, 2.75) is 32.2 Å². The first-order valence-electron chi connectivity index (χ1n) is 9.06. The zero-order valence-electron chi connectivity index (χ0n) is 15.0. The molecule has 0 fully saturated rings. The topological polar surface area (TPSA) is 73.0 Å². The monoisotopic (exact) mass is 492 g/mol. The maximum Gasteiger partial charge on any atom is 0.248 e. The number of fused-ring (bicyclic) bond motifs is 1. The fourth-order valence-corrected chi connectivity index (χ4v) is 3.65. The van der Waals surface area contributed by atoms with Crippen LogP contribution in [0.3, 0.4) is 0 Å². The van der Waals surface area contributed by atoms with E-state index in [-0.39, 0.29) is 5.91 Å². The number of carbonyl (C=O) groups excluding carboxylic acids is 1. The predicted molar refractivity (Wildman–Crippen MR) is 112 cm³/mol. The fourth-order valence-electron chi connectivity index (χ4n) is 3.22. The number of nitrogens with one attached hydrogen (secondary N) is 1. The molecule has 1 N–H and O–H groups in total. The highest BCUT2D eigenvalue weighted by molar-refractivity contribution is 14.1. The number of halogens is 2. The molecule has 0 bridgehead atoms. The van der Waals surface area contributed by atoms with Crippen molar-refractivity contribution in [1.82, 2.24) is 14.8 Å². The van der Waals surface area contributed by atoms with E-state index in [1.807, 2.05) is 10.6 Å². The van der Waals surface area contributed by atoms with Gasteiger partial charge >= 0.3 is 0 Å². The first-order valence-corrected chi connectivity index (χ1v) is 10.1. The molecule has 0 aliphatic carbocycles. The van der Waals surface area contributed by atoms with Crippen LogP contribution in [0.4, 0.5) is 10.1 Å². The third-order valence-corrected chi connectivity index (χ3v) is 5.16. The molecule has 0 saturated carbocycles. The summed E-state index contributed by atoms with van der Waals surface area (Å²) in [6.45, 7) is 0.776. The molecule has 1 amide bonds. The highest BCUT2D eigenvalue weighted by Crippen LogP contribution is 2.27. The molecule has 0 spiro atoms. The highest BCUT2D eigenvalue weighted by atomic mass is 127. The van der Waals surface area contributed by atoms with Gasteiger partial charge in [0.25, 0.3) is 0 Å². The summed E-state index contributed by atoms with van der Waals surface area (Å²) in [5.74, 6) is 1.26. The first-order chi connectivity index (χ1) is 13.6. The lowest BCUT2D eigenvalue weighted by Crippen LogP contribution is -2.09. The molecule has 3 heterocycles. The molecule has 0 saturated heterocycles. The molecule has 8 heteroatoms. The van der Waals surface area contributed by atoms with Gasteiger partial charge in [-0.25, -0.2) is 4.39 Å². The van der Waals surface area contributed by atoms with Gasteiger partial charge in [0, 0.05) is 24.7 Å². The number of hydrogen-bond donors (Lipinski definition) is 1. The van der Waals surface area contributed by atoms with E-state index in [1.54, 1.807) is 18.2 Å². The second kappa shape index (κ2) is 8.26. The average molecular weight is 492 g/mol. The molecule has 28 heavy (non-hydrogen) atoms. The van der Waals surface area contributed by atoms with Crippen molar-refractivity contribution in [3.05, 3.63) is 57.6 Å². The van der Waals surface area contributed by atoms with E-state index in [2.05, 4.69) is 38.1 Å². The number of furan rings is 1. The Labute approximate surface area is 175 Å². The summed E-state index contributed by atoms with van der Waals surface area (Å²) in [5.41, 5.74) is 0.828. The Bertz CT molecular complexity index is 1040. The zero-order valence-corrected chi connectivity index (χ0v) is 17.1. The van der Waals surface area contributed by atoms with E-state index in [0.717, 1.165) is 41.8 Å². The van der Waals surface area contributed by atoms with Crippen molar-refractivity contribution in [1.29, 1.82) is 0 Å². The summed E-state index contributed by atoms with van der Waals surface area (Å²) in [7, 11) is 0. The van der Waals surface area contributed by atoms with Gasteiger partial charge in [-0.1, -0.05) is 6.42 Å². The van der Waals surface area contributed by atoms with E-state index < -0.39 is 5.82 Å². The van der Waals surface area contributed by atoms with Crippen molar-refractivity contribution in [2.75, 3.05) is 5.32 Å². The van der Waals surface area contributed by atoms with Crippen LogP contribution < -0.4 is 5.32 Å². The second-order valence-electron chi connectivity index (χ2n) is 6.56. The molecular weight excluding hydrogens is 474 g/mol. The lowest BCUT2D eigenvalue weighted by molar-refractivity contribution is -0.111. The molecule has 4 rings (SSSR count). The van der Waals surface area contributed by atoms with Crippen molar-refractivity contribution >= 4 is 40.3 Å². The summed E-state index contributed by atoms with van der Waals surface area (Å²) in [4.78, 5) is 12.2. The molecule has 0 radical (unpaired) electrons. The van der Waals surface area contributed by atoms with Crippen LogP contribution in [0.15, 0.2) is 40.8 Å². The summed E-state index contributed by atoms with van der Waals surface area (Å²) >= 11 is 2.06. The standard InChI is InChI=1S/C20H18FIN4O2/c21-16-8-5-13(23-19(27)10-7-14-6-9-17(22)28-14)12-15(16)20-25-24-18-4-2-1-3-11-26(18)20/h5-10,12H,1-4,11H2,(H,23,27)/b10-7+. The van der Waals surface area contributed by atoms with E-state index in [9.17, 15) is 9.18 Å². The average Bonchev–Trinajstić information content (AvgIpc) is 3.20.